The lowest BCUT2D eigenvalue weighted by Crippen LogP contribution is -2.36. The Morgan fingerprint density at radius 2 is 2.00 bits per heavy atom. The average Bonchev–Trinajstić information content (AvgIpc) is 3.33. The number of nitriles is 1. The summed E-state index contributed by atoms with van der Waals surface area (Å²) in [6.07, 6.45) is 8.79. The van der Waals surface area contributed by atoms with E-state index in [1.165, 1.54) is 31.3 Å². The monoisotopic (exact) mass is 446 g/mol. The number of hydrogen-bond donors (Lipinski definition) is 2. The fourth-order valence-corrected chi connectivity index (χ4v) is 5.38. The van der Waals surface area contributed by atoms with Gasteiger partial charge in [0.25, 0.3) is 0 Å². The Hall–Kier alpha value is -2.61. The van der Waals surface area contributed by atoms with E-state index in [1.807, 2.05) is 37.3 Å². The summed E-state index contributed by atoms with van der Waals surface area (Å²) in [6.45, 7) is 6.19. The molecule has 0 radical (unpaired) electrons. The third-order valence-electron chi connectivity index (χ3n) is 6.85. The molecule has 1 saturated carbocycles. The quantitative estimate of drug-likeness (QED) is 0.482. The first-order valence-corrected chi connectivity index (χ1v) is 11.9. The highest BCUT2D eigenvalue weighted by molar-refractivity contribution is 6.31. The van der Waals surface area contributed by atoms with Crippen LogP contribution in [0.2, 0.25) is 5.02 Å². The van der Waals surface area contributed by atoms with E-state index in [0.29, 0.717) is 5.56 Å². The number of benzene rings is 2. The van der Waals surface area contributed by atoms with Crippen molar-refractivity contribution in [3.63, 3.8) is 0 Å². The van der Waals surface area contributed by atoms with Crippen LogP contribution < -0.4 is 5.32 Å². The predicted molar refractivity (Wildman–Crippen MR) is 134 cm³/mol. The second-order valence-electron chi connectivity index (χ2n) is 9.05. The lowest BCUT2D eigenvalue weighted by molar-refractivity contribution is 0.219. The molecule has 1 heterocycles. The number of nitrogens with one attached hydrogen (secondary N) is 2. The molecule has 0 bridgehead atoms. The van der Waals surface area contributed by atoms with Crippen molar-refractivity contribution in [2.45, 2.75) is 58.0 Å². The third-order valence-corrected chi connectivity index (χ3v) is 7.17. The van der Waals surface area contributed by atoms with Gasteiger partial charge in [-0.15, -0.1) is 0 Å². The van der Waals surface area contributed by atoms with E-state index in [4.69, 9.17) is 17.0 Å². The van der Waals surface area contributed by atoms with Crippen LogP contribution in [0.5, 0.6) is 0 Å². The van der Waals surface area contributed by atoms with Gasteiger partial charge in [-0.05, 0) is 73.6 Å². The van der Waals surface area contributed by atoms with E-state index in [1.54, 1.807) is 0 Å². The number of nitrogens with zero attached hydrogens (tertiary/aromatic N) is 2. The van der Waals surface area contributed by atoms with Crippen molar-refractivity contribution in [2.75, 3.05) is 18.4 Å². The predicted octanol–water partition coefficient (Wildman–Crippen LogP) is 6.74. The Kier molecular flexibility index (Phi) is 6.98. The maximum Gasteiger partial charge on any atom is 0.141 e. The minimum Gasteiger partial charge on any atom is -0.378 e. The van der Waals surface area contributed by atoms with Crippen molar-refractivity contribution >= 4 is 28.6 Å². The largest absolute Gasteiger partial charge is 0.378 e. The molecule has 32 heavy (non-hydrogen) atoms. The van der Waals surface area contributed by atoms with Crippen LogP contribution in [0.1, 0.15) is 67.3 Å². The van der Waals surface area contributed by atoms with E-state index < -0.39 is 0 Å². The summed E-state index contributed by atoms with van der Waals surface area (Å²) in [5.74, 6) is 0. The number of halogens is 1. The first-order valence-electron chi connectivity index (χ1n) is 11.6. The molecule has 1 fully saturated rings. The molecule has 0 spiro atoms. The van der Waals surface area contributed by atoms with Gasteiger partial charge in [0.1, 0.15) is 11.8 Å². The van der Waals surface area contributed by atoms with Crippen LogP contribution in [0, 0.1) is 23.7 Å². The molecule has 2 N–H and O–H groups in total. The van der Waals surface area contributed by atoms with E-state index in [0.717, 1.165) is 53.0 Å². The lowest BCUT2D eigenvalue weighted by Gasteiger charge is -2.32. The van der Waals surface area contributed by atoms with Gasteiger partial charge in [0.2, 0.25) is 0 Å². The van der Waals surface area contributed by atoms with Gasteiger partial charge in [0.05, 0.1) is 6.04 Å². The van der Waals surface area contributed by atoms with E-state index in [-0.39, 0.29) is 11.8 Å². The molecular weight excluding hydrogens is 416 g/mol. The Labute approximate surface area is 196 Å². The molecule has 4 rings (SSSR count). The number of aryl methyl sites for hydroxylation is 1. The second-order valence-corrected chi connectivity index (χ2v) is 9.46. The fraction of sp³-hybridized carbons (Fsp3) is 0.407. The normalized spacial score (nSPS) is 18.1. The van der Waals surface area contributed by atoms with Crippen molar-refractivity contribution in [3.8, 4) is 6.07 Å². The summed E-state index contributed by atoms with van der Waals surface area (Å²) >= 11 is 6.49. The topological polar surface area (TPSA) is 62.9 Å². The van der Waals surface area contributed by atoms with Gasteiger partial charge >= 0.3 is 0 Å². The standard InChI is InChI=1S/C27H31ClN4/c1-18-7-9-23(25(28)15-18)19(2)31-27-16-21(8-10-24(27)26(30)17-29)20-11-13-32(14-12-20)22-5-3-4-6-22/h7-11,15-16,19,22,30-31H,3-6,12-14H2,1-2H3. The molecule has 1 atom stereocenters. The van der Waals surface area contributed by atoms with Crippen LogP contribution in [-0.4, -0.2) is 29.7 Å². The summed E-state index contributed by atoms with van der Waals surface area (Å²) in [6, 6.07) is 14.8. The van der Waals surface area contributed by atoms with Crippen LogP contribution in [-0.2, 0) is 0 Å². The summed E-state index contributed by atoms with van der Waals surface area (Å²) in [5.41, 5.74) is 6.02. The molecule has 5 heteroatoms. The van der Waals surface area contributed by atoms with Gasteiger partial charge in [-0.1, -0.05) is 48.7 Å². The summed E-state index contributed by atoms with van der Waals surface area (Å²) < 4.78 is 0. The zero-order chi connectivity index (χ0) is 22.7. The maximum atomic E-state index is 9.35. The Bertz CT molecular complexity index is 1080. The molecule has 0 aromatic heterocycles. The molecule has 166 valence electrons. The van der Waals surface area contributed by atoms with Crippen LogP contribution in [0.3, 0.4) is 0 Å². The molecule has 2 aromatic carbocycles. The highest BCUT2D eigenvalue weighted by atomic mass is 35.5. The molecule has 1 unspecified atom stereocenters. The number of anilines is 1. The van der Waals surface area contributed by atoms with E-state index >= 15 is 0 Å². The Morgan fingerprint density at radius 1 is 1.22 bits per heavy atom. The minimum atomic E-state index is -0.0539. The van der Waals surface area contributed by atoms with Crippen molar-refractivity contribution in [3.05, 3.63) is 69.8 Å². The first-order chi connectivity index (χ1) is 15.5. The molecule has 0 amide bonds. The van der Waals surface area contributed by atoms with Gasteiger partial charge in [-0.2, -0.15) is 5.26 Å². The summed E-state index contributed by atoms with van der Waals surface area (Å²) in [5, 5.41) is 21.7. The number of rotatable bonds is 6. The van der Waals surface area contributed by atoms with Crippen LogP contribution in [0.15, 0.2) is 42.5 Å². The first kappa shape index (κ1) is 22.6. The Balaban J connectivity index is 1.59. The lowest BCUT2D eigenvalue weighted by atomic mass is 9.95. The van der Waals surface area contributed by atoms with Crippen molar-refractivity contribution in [1.29, 1.82) is 10.7 Å². The smallest absolute Gasteiger partial charge is 0.141 e. The molecule has 2 aliphatic rings. The highest BCUT2D eigenvalue weighted by Crippen LogP contribution is 2.33. The zero-order valence-corrected chi connectivity index (χ0v) is 19.7. The van der Waals surface area contributed by atoms with Crippen molar-refractivity contribution in [2.24, 2.45) is 0 Å². The molecule has 1 aliphatic carbocycles. The van der Waals surface area contributed by atoms with E-state index in [9.17, 15) is 5.26 Å². The summed E-state index contributed by atoms with van der Waals surface area (Å²) in [4.78, 5) is 2.62. The van der Waals surface area contributed by atoms with Crippen LogP contribution in [0.4, 0.5) is 5.69 Å². The van der Waals surface area contributed by atoms with Gasteiger partial charge in [-0.25, -0.2) is 0 Å². The third kappa shape index (κ3) is 4.90. The molecular formula is C27H31ClN4. The zero-order valence-electron chi connectivity index (χ0n) is 18.9. The van der Waals surface area contributed by atoms with Gasteiger partial charge in [0.15, 0.2) is 0 Å². The Morgan fingerprint density at radius 3 is 2.66 bits per heavy atom. The van der Waals surface area contributed by atoms with E-state index in [2.05, 4.69) is 35.3 Å². The summed E-state index contributed by atoms with van der Waals surface area (Å²) in [7, 11) is 0. The van der Waals surface area contributed by atoms with Crippen LogP contribution >= 0.6 is 11.6 Å². The van der Waals surface area contributed by atoms with Gasteiger partial charge < -0.3 is 5.32 Å². The maximum absolute atomic E-state index is 9.35. The SMILES string of the molecule is Cc1ccc(C(C)Nc2cc(C3=CCN(C4CCCC4)CC3)ccc2C(=N)C#N)c(Cl)c1. The molecule has 4 nitrogen and oxygen atoms in total. The fourth-order valence-electron chi connectivity index (χ4n) is 4.98. The average molecular weight is 447 g/mol. The second kappa shape index (κ2) is 9.90. The molecule has 1 aliphatic heterocycles. The van der Waals surface area contributed by atoms with Gasteiger partial charge in [-0.3, -0.25) is 10.3 Å². The highest BCUT2D eigenvalue weighted by Gasteiger charge is 2.24. The number of hydrogen-bond acceptors (Lipinski definition) is 4. The van der Waals surface area contributed by atoms with Crippen molar-refractivity contribution in [1.82, 2.24) is 4.90 Å². The minimum absolute atomic E-state index is 0.0358. The molecule has 0 saturated heterocycles. The van der Waals surface area contributed by atoms with Crippen molar-refractivity contribution < 1.29 is 0 Å². The van der Waals surface area contributed by atoms with Gasteiger partial charge in [0, 0.05) is 35.4 Å². The molecule has 2 aromatic rings. The van der Waals surface area contributed by atoms with Crippen LogP contribution in [0.25, 0.3) is 5.57 Å².